The molecule has 110 valence electrons. The lowest BCUT2D eigenvalue weighted by Crippen LogP contribution is -2.09. The molecule has 4 nitrogen and oxygen atoms in total. The minimum atomic E-state index is -0.403. The highest BCUT2D eigenvalue weighted by Gasteiger charge is 2.07. The number of ether oxygens (including phenoxy) is 1. The summed E-state index contributed by atoms with van der Waals surface area (Å²) in [5.41, 5.74) is 2.33. The molecule has 0 bridgehead atoms. The van der Waals surface area contributed by atoms with Gasteiger partial charge in [-0.15, -0.1) is 0 Å². The zero-order valence-corrected chi connectivity index (χ0v) is 11.9. The Morgan fingerprint density at radius 3 is 2.14 bits per heavy atom. The smallest absolute Gasteiger partial charge is 0.311 e. The zero-order chi connectivity index (χ0) is 15.2. The second-order valence-corrected chi connectivity index (χ2v) is 4.83. The standard InChI is InChI=1S/C17H18O4/c1-2-12-3-5-13(6-4-12)7-8-17(20)21-16-10-14(18)9-15(19)11-16/h3-6,9-11,18-19H,2,7-8H2,1H3. The Hall–Kier alpha value is -2.49. The summed E-state index contributed by atoms with van der Waals surface area (Å²) in [7, 11) is 0. The summed E-state index contributed by atoms with van der Waals surface area (Å²) < 4.78 is 5.08. The predicted molar refractivity (Wildman–Crippen MR) is 79.5 cm³/mol. The summed E-state index contributed by atoms with van der Waals surface area (Å²) >= 11 is 0. The van der Waals surface area contributed by atoms with Crippen LogP contribution in [0.3, 0.4) is 0 Å². The first-order chi connectivity index (χ1) is 10.1. The number of esters is 1. The van der Waals surface area contributed by atoms with Gasteiger partial charge >= 0.3 is 5.97 Å². The molecule has 0 saturated carbocycles. The molecule has 0 aliphatic rings. The molecule has 0 unspecified atom stereocenters. The molecule has 2 N–H and O–H groups in total. The second kappa shape index (κ2) is 6.79. The number of aryl methyl sites for hydroxylation is 2. The summed E-state index contributed by atoms with van der Waals surface area (Å²) in [5.74, 6) is -0.556. The van der Waals surface area contributed by atoms with Crippen molar-refractivity contribution in [1.82, 2.24) is 0 Å². The van der Waals surface area contributed by atoms with E-state index in [1.807, 2.05) is 24.3 Å². The second-order valence-electron chi connectivity index (χ2n) is 4.83. The summed E-state index contributed by atoms with van der Waals surface area (Å²) in [6.07, 6.45) is 1.82. The molecule has 0 radical (unpaired) electrons. The van der Waals surface area contributed by atoms with Crippen LogP contribution in [0.5, 0.6) is 17.2 Å². The highest BCUT2D eigenvalue weighted by Crippen LogP contribution is 2.26. The molecule has 2 aromatic rings. The monoisotopic (exact) mass is 286 g/mol. The van der Waals surface area contributed by atoms with E-state index in [2.05, 4.69) is 6.92 Å². The van der Waals surface area contributed by atoms with Crippen molar-refractivity contribution in [1.29, 1.82) is 0 Å². The van der Waals surface area contributed by atoms with Crippen molar-refractivity contribution in [2.45, 2.75) is 26.2 Å². The first kappa shape index (κ1) is 14.9. The minimum absolute atomic E-state index is 0.138. The van der Waals surface area contributed by atoms with Crippen molar-refractivity contribution in [3.63, 3.8) is 0 Å². The molecule has 0 amide bonds. The van der Waals surface area contributed by atoms with Crippen molar-refractivity contribution in [3.05, 3.63) is 53.6 Å². The third-order valence-electron chi connectivity index (χ3n) is 3.16. The fraction of sp³-hybridized carbons (Fsp3) is 0.235. The van der Waals surface area contributed by atoms with Gasteiger partial charge in [0.1, 0.15) is 17.2 Å². The average molecular weight is 286 g/mol. The van der Waals surface area contributed by atoms with Crippen molar-refractivity contribution in [2.24, 2.45) is 0 Å². The van der Waals surface area contributed by atoms with Gasteiger partial charge in [-0.2, -0.15) is 0 Å². The Balaban J connectivity index is 1.89. The molecule has 4 heteroatoms. The molecule has 0 heterocycles. The molecule has 0 aromatic heterocycles. The lowest BCUT2D eigenvalue weighted by Gasteiger charge is -2.06. The largest absolute Gasteiger partial charge is 0.508 e. The van der Waals surface area contributed by atoms with E-state index in [1.165, 1.54) is 23.8 Å². The van der Waals surface area contributed by atoms with Crippen molar-refractivity contribution in [2.75, 3.05) is 0 Å². The first-order valence-corrected chi connectivity index (χ1v) is 6.88. The highest BCUT2D eigenvalue weighted by atomic mass is 16.5. The van der Waals surface area contributed by atoms with Crippen LogP contribution < -0.4 is 4.74 Å². The number of phenols is 2. The Kier molecular flexibility index (Phi) is 4.82. The van der Waals surface area contributed by atoms with Gasteiger partial charge in [0.05, 0.1) is 0 Å². The van der Waals surface area contributed by atoms with Gasteiger partial charge in [0.25, 0.3) is 0 Å². The zero-order valence-electron chi connectivity index (χ0n) is 11.9. The van der Waals surface area contributed by atoms with E-state index in [1.54, 1.807) is 0 Å². The molecule has 2 aromatic carbocycles. The fourth-order valence-electron chi connectivity index (χ4n) is 2.00. The van der Waals surface area contributed by atoms with Gasteiger partial charge < -0.3 is 14.9 Å². The van der Waals surface area contributed by atoms with Gasteiger partial charge in [0, 0.05) is 24.6 Å². The van der Waals surface area contributed by atoms with E-state index in [0.29, 0.717) is 6.42 Å². The van der Waals surface area contributed by atoms with E-state index in [9.17, 15) is 15.0 Å². The topological polar surface area (TPSA) is 66.8 Å². The van der Waals surface area contributed by atoms with Gasteiger partial charge in [0.15, 0.2) is 0 Å². The van der Waals surface area contributed by atoms with Crippen LogP contribution in [0.25, 0.3) is 0 Å². The maximum Gasteiger partial charge on any atom is 0.311 e. The summed E-state index contributed by atoms with van der Waals surface area (Å²) in [5, 5.41) is 18.6. The molecule has 0 aliphatic heterocycles. The number of rotatable bonds is 5. The summed E-state index contributed by atoms with van der Waals surface area (Å²) in [6, 6.07) is 11.9. The van der Waals surface area contributed by atoms with Crippen molar-refractivity contribution < 1.29 is 19.7 Å². The van der Waals surface area contributed by atoms with Crippen LogP contribution in [0.1, 0.15) is 24.5 Å². The Bertz CT molecular complexity index is 597. The molecular formula is C17H18O4. The molecular weight excluding hydrogens is 268 g/mol. The Labute approximate surface area is 123 Å². The van der Waals surface area contributed by atoms with E-state index in [4.69, 9.17) is 4.74 Å². The first-order valence-electron chi connectivity index (χ1n) is 6.88. The number of carbonyl (C=O) groups excluding carboxylic acids is 1. The number of benzene rings is 2. The molecule has 0 atom stereocenters. The van der Waals surface area contributed by atoms with Gasteiger partial charge in [0.2, 0.25) is 0 Å². The van der Waals surface area contributed by atoms with E-state index >= 15 is 0 Å². The quantitative estimate of drug-likeness (QED) is 0.654. The maximum atomic E-state index is 11.7. The van der Waals surface area contributed by atoms with Gasteiger partial charge in [-0.25, -0.2) is 0 Å². The van der Waals surface area contributed by atoms with Crippen LogP contribution in [-0.4, -0.2) is 16.2 Å². The normalized spacial score (nSPS) is 10.3. The molecule has 0 spiro atoms. The minimum Gasteiger partial charge on any atom is -0.508 e. The van der Waals surface area contributed by atoms with Gasteiger partial charge in [-0.1, -0.05) is 31.2 Å². The molecule has 2 rings (SSSR count). The third kappa shape index (κ3) is 4.53. The van der Waals surface area contributed by atoms with Gasteiger partial charge in [-0.3, -0.25) is 4.79 Å². The van der Waals surface area contributed by atoms with Crippen LogP contribution in [0.15, 0.2) is 42.5 Å². The Morgan fingerprint density at radius 1 is 1.00 bits per heavy atom. The van der Waals surface area contributed by atoms with Gasteiger partial charge in [-0.05, 0) is 24.0 Å². The number of carbonyl (C=O) groups is 1. The van der Waals surface area contributed by atoms with E-state index < -0.39 is 5.97 Å². The van der Waals surface area contributed by atoms with Crippen LogP contribution in [0, 0.1) is 0 Å². The Morgan fingerprint density at radius 2 is 1.57 bits per heavy atom. The summed E-state index contributed by atoms with van der Waals surface area (Å²) in [4.78, 5) is 11.7. The third-order valence-corrected chi connectivity index (χ3v) is 3.16. The number of aromatic hydroxyl groups is 2. The van der Waals surface area contributed by atoms with Crippen LogP contribution in [0.2, 0.25) is 0 Å². The van der Waals surface area contributed by atoms with Crippen molar-refractivity contribution >= 4 is 5.97 Å². The molecule has 0 fully saturated rings. The number of phenolic OH excluding ortho intramolecular Hbond substituents is 2. The molecule has 0 aliphatic carbocycles. The van der Waals surface area contributed by atoms with Crippen LogP contribution in [-0.2, 0) is 17.6 Å². The number of hydrogen-bond donors (Lipinski definition) is 2. The molecule has 0 saturated heterocycles. The number of hydrogen-bond acceptors (Lipinski definition) is 4. The van der Waals surface area contributed by atoms with E-state index in [-0.39, 0.29) is 23.7 Å². The highest BCUT2D eigenvalue weighted by molar-refractivity contribution is 5.73. The lowest BCUT2D eigenvalue weighted by molar-refractivity contribution is -0.134. The molecule has 21 heavy (non-hydrogen) atoms. The van der Waals surface area contributed by atoms with Crippen LogP contribution >= 0.6 is 0 Å². The lowest BCUT2D eigenvalue weighted by atomic mass is 10.1. The maximum absolute atomic E-state index is 11.7. The average Bonchev–Trinajstić information content (AvgIpc) is 2.44. The fourth-order valence-corrected chi connectivity index (χ4v) is 2.00. The SMILES string of the molecule is CCc1ccc(CCC(=O)Oc2cc(O)cc(O)c2)cc1. The summed E-state index contributed by atoms with van der Waals surface area (Å²) in [6.45, 7) is 2.09. The van der Waals surface area contributed by atoms with E-state index in [0.717, 1.165) is 12.0 Å². The van der Waals surface area contributed by atoms with Crippen molar-refractivity contribution in [3.8, 4) is 17.2 Å². The van der Waals surface area contributed by atoms with Crippen LogP contribution in [0.4, 0.5) is 0 Å². The predicted octanol–water partition coefficient (Wildman–Crippen LogP) is 3.20.